The topological polar surface area (TPSA) is 71.5 Å². The Hall–Kier alpha value is -2.93. The van der Waals surface area contributed by atoms with Gasteiger partial charge in [-0.1, -0.05) is 23.5 Å². The van der Waals surface area contributed by atoms with Gasteiger partial charge in [0.2, 0.25) is 10.9 Å². The number of aromatic hydroxyl groups is 1. The van der Waals surface area contributed by atoms with Crippen LogP contribution in [-0.4, -0.2) is 21.1 Å². The fraction of sp³-hybridized carbons (Fsp3) is 0.118. The lowest BCUT2D eigenvalue weighted by molar-refractivity contribution is 0.340. The van der Waals surface area contributed by atoms with Crippen molar-refractivity contribution in [3.63, 3.8) is 0 Å². The monoisotopic (exact) mass is 338 g/mol. The van der Waals surface area contributed by atoms with Crippen molar-refractivity contribution >= 4 is 38.0 Å². The number of aromatic nitrogens is 2. The minimum atomic E-state index is 0.0541. The van der Waals surface area contributed by atoms with Gasteiger partial charge in [0.15, 0.2) is 4.96 Å². The summed E-state index contributed by atoms with van der Waals surface area (Å²) in [5, 5.41) is 19.2. The Bertz CT molecular complexity index is 1030. The molecule has 0 spiro atoms. The van der Waals surface area contributed by atoms with Crippen LogP contribution in [-0.2, 0) is 0 Å². The first-order valence-electron chi connectivity index (χ1n) is 7.50. The van der Waals surface area contributed by atoms with Gasteiger partial charge in [-0.2, -0.15) is 0 Å². The fourth-order valence-corrected chi connectivity index (χ4v) is 3.31. The third kappa shape index (κ3) is 2.48. The molecule has 1 N–H and O–H groups in total. The molecule has 24 heavy (non-hydrogen) atoms. The Kier molecular flexibility index (Phi) is 3.62. The predicted octanol–water partition coefficient (Wildman–Crippen LogP) is 5.07. The first-order valence-corrected chi connectivity index (χ1v) is 8.31. The molecule has 0 saturated heterocycles. The summed E-state index contributed by atoms with van der Waals surface area (Å²) in [5.41, 5.74) is 2.38. The highest BCUT2D eigenvalue weighted by molar-refractivity contribution is 7.21. The summed E-state index contributed by atoms with van der Waals surface area (Å²) in [6, 6.07) is 15.0. The molecule has 0 fully saturated rings. The molecule has 4 aromatic rings. The van der Waals surface area contributed by atoms with Gasteiger partial charge >= 0.3 is 0 Å². The van der Waals surface area contributed by atoms with E-state index in [1.807, 2.05) is 55.5 Å². The standard InChI is InChI=1S/C17H14N4O2S/c1-2-23-12-9-7-11(8-10-12)19-20-15-16(22)21-14-6-4-3-5-13(14)18-17(21)24-15/h3-10,22H,2H2,1H3. The Morgan fingerprint density at radius 1 is 1.12 bits per heavy atom. The van der Waals surface area contributed by atoms with Crippen LogP contribution in [0.25, 0.3) is 16.0 Å². The van der Waals surface area contributed by atoms with Crippen LogP contribution in [0.3, 0.4) is 0 Å². The number of nitrogens with zero attached hydrogens (tertiary/aromatic N) is 4. The van der Waals surface area contributed by atoms with E-state index >= 15 is 0 Å². The van der Waals surface area contributed by atoms with Crippen LogP contribution in [0, 0.1) is 0 Å². The molecule has 0 amide bonds. The number of imidazole rings is 1. The van der Waals surface area contributed by atoms with E-state index in [4.69, 9.17) is 4.74 Å². The molecule has 0 aliphatic rings. The van der Waals surface area contributed by atoms with Crippen molar-refractivity contribution in [2.45, 2.75) is 6.92 Å². The number of hydrogen-bond donors (Lipinski definition) is 1. The Morgan fingerprint density at radius 3 is 2.71 bits per heavy atom. The second-order valence-corrected chi connectivity index (χ2v) is 6.03. The number of fused-ring (bicyclic) bond motifs is 3. The van der Waals surface area contributed by atoms with Gasteiger partial charge in [0.1, 0.15) is 5.75 Å². The van der Waals surface area contributed by atoms with Crippen molar-refractivity contribution < 1.29 is 9.84 Å². The van der Waals surface area contributed by atoms with Crippen LogP contribution in [0.4, 0.5) is 10.7 Å². The van der Waals surface area contributed by atoms with E-state index in [1.165, 1.54) is 11.3 Å². The van der Waals surface area contributed by atoms with Crippen LogP contribution in [0.15, 0.2) is 58.8 Å². The maximum Gasteiger partial charge on any atom is 0.237 e. The lowest BCUT2D eigenvalue weighted by Crippen LogP contribution is -1.89. The zero-order chi connectivity index (χ0) is 16.5. The maximum atomic E-state index is 10.4. The van der Waals surface area contributed by atoms with E-state index in [-0.39, 0.29) is 5.88 Å². The Balaban J connectivity index is 1.67. The van der Waals surface area contributed by atoms with E-state index < -0.39 is 0 Å². The zero-order valence-corrected chi connectivity index (χ0v) is 13.7. The summed E-state index contributed by atoms with van der Waals surface area (Å²) in [6.45, 7) is 2.56. The van der Waals surface area contributed by atoms with Crippen LogP contribution < -0.4 is 4.74 Å². The molecule has 0 unspecified atom stereocenters. The Labute approximate surface area is 141 Å². The third-order valence-electron chi connectivity index (χ3n) is 3.53. The largest absolute Gasteiger partial charge is 0.494 e. The van der Waals surface area contributed by atoms with Crippen molar-refractivity contribution in [1.82, 2.24) is 9.38 Å². The number of para-hydroxylation sites is 2. The van der Waals surface area contributed by atoms with Crippen molar-refractivity contribution in [3.8, 4) is 11.6 Å². The minimum Gasteiger partial charge on any atom is -0.494 e. The highest BCUT2D eigenvalue weighted by Crippen LogP contribution is 2.39. The first-order chi connectivity index (χ1) is 11.8. The first kappa shape index (κ1) is 14.6. The number of thiazole rings is 1. The van der Waals surface area contributed by atoms with Crippen molar-refractivity contribution in [3.05, 3.63) is 48.5 Å². The van der Waals surface area contributed by atoms with E-state index in [0.717, 1.165) is 16.8 Å². The lowest BCUT2D eigenvalue weighted by atomic mass is 10.3. The van der Waals surface area contributed by atoms with Crippen molar-refractivity contribution in [2.24, 2.45) is 10.2 Å². The van der Waals surface area contributed by atoms with Gasteiger partial charge in [0.25, 0.3) is 0 Å². The van der Waals surface area contributed by atoms with Gasteiger partial charge in [-0.3, -0.25) is 4.40 Å². The molecule has 0 aliphatic carbocycles. The molecule has 2 heterocycles. The number of azo groups is 1. The quantitative estimate of drug-likeness (QED) is 0.528. The summed E-state index contributed by atoms with van der Waals surface area (Å²) in [4.78, 5) is 5.18. The molecule has 0 bridgehead atoms. The van der Waals surface area contributed by atoms with Gasteiger partial charge < -0.3 is 9.84 Å². The highest BCUT2D eigenvalue weighted by Gasteiger charge is 2.15. The highest BCUT2D eigenvalue weighted by atomic mass is 32.1. The molecular formula is C17H14N4O2S. The summed E-state index contributed by atoms with van der Waals surface area (Å²) in [7, 11) is 0. The molecular weight excluding hydrogens is 324 g/mol. The van der Waals surface area contributed by atoms with Crippen LogP contribution in [0.1, 0.15) is 6.92 Å². The van der Waals surface area contributed by atoms with Crippen LogP contribution >= 0.6 is 11.3 Å². The maximum absolute atomic E-state index is 10.4. The number of benzene rings is 2. The average Bonchev–Trinajstić information content (AvgIpc) is 3.11. The lowest BCUT2D eigenvalue weighted by Gasteiger charge is -2.01. The SMILES string of the molecule is CCOc1ccc(N=Nc2sc3nc4ccccc4n3c2O)cc1. The second-order valence-electron chi connectivity index (χ2n) is 5.08. The molecule has 0 aliphatic heterocycles. The van der Waals surface area contributed by atoms with E-state index in [0.29, 0.717) is 22.3 Å². The molecule has 2 aromatic heterocycles. The fourth-order valence-electron chi connectivity index (χ4n) is 2.45. The summed E-state index contributed by atoms with van der Waals surface area (Å²) >= 11 is 1.30. The van der Waals surface area contributed by atoms with Gasteiger partial charge in [-0.15, -0.1) is 10.2 Å². The molecule has 0 saturated carbocycles. The van der Waals surface area contributed by atoms with Gasteiger partial charge in [-0.05, 0) is 43.3 Å². The van der Waals surface area contributed by atoms with Gasteiger partial charge in [0.05, 0.1) is 23.3 Å². The second kappa shape index (κ2) is 5.93. The molecule has 0 atom stereocenters. The molecule has 0 radical (unpaired) electrons. The predicted molar refractivity (Wildman–Crippen MR) is 94.0 cm³/mol. The average molecular weight is 338 g/mol. The third-order valence-corrected chi connectivity index (χ3v) is 4.44. The minimum absolute atomic E-state index is 0.0541. The normalized spacial score (nSPS) is 11.7. The summed E-state index contributed by atoms with van der Waals surface area (Å²) in [6.07, 6.45) is 0. The molecule has 120 valence electrons. The van der Waals surface area contributed by atoms with E-state index in [2.05, 4.69) is 15.2 Å². The molecule has 2 aromatic carbocycles. The van der Waals surface area contributed by atoms with E-state index in [1.54, 1.807) is 4.40 Å². The molecule has 6 nitrogen and oxygen atoms in total. The summed E-state index contributed by atoms with van der Waals surface area (Å²) < 4.78 is 7.08. The van der Waals surface area contributed by atoms with Crippen molar-refractivity contribution in [2.75, 3.05) is 6.61 Å². The van der Waals surface area contributed by atoms with E-state index in [9.17, 15) is 5.11 Å². The molecule has 7 heteroatoms. The number of hydrogen-bond acceptors (Lipinski definition) is 6. The van der Waals surface area contributed by atoms with Crippen LogP contribution in [0.2, 0.25) is 0 Å². The summed E-state index contributed by atoms with van der Waals surface area (Å²) in [5.74, 6) is 0.846. The number of rotatable bonds is 4. The zero-order valence-electron chi connectivity index (χ0n) is 12.9. The molecule has 4 rings (SSSR count). The van der Waals surface area contributed by atoms with Crippen LogP contribution in [0.5, 0.6) is 11.6 Å². The van der Waals surface area contributed by atoms with Gasteiger partial charge in [-0.25, -0.2) is 4.98 Å². The van der Waals surface area contributed by atoms with Gasteiger partial charge in [0, 0.05) is 0 Å². The smallest absolute Gasteiger partial charge is 0.237 e. The van der Waals surface area contributed by atoms with Crippen molar-refractivity contribution in [1.29, 1.82) is 0 Å². The number of ether oxygens (including phenoxy) is 1. The Morgan fingerprint density at radius 2 is 1.92 bits per heavy atom.